The fourth-order valence-corrected chi connectivity index (χ4v) is 2.01. The lowest BCUT2D eigenvalue weighted by Crippen LogP contribution is -2.23. The number of unbranched alkanes of at least 4 members (excludes halogenated alkanes) is 1. The zero-order valence-electron chi connectivity index (χ0n) is 11.3. The van der Waals surface area contributed by atoms with Crippen LogP contribution in [0.5, 0.6) is 0 Å². The third-order valence-corrected chi connectivity index (χ3v) is 2.99. The summed E-state index contributed by atoms with van der Waals surface area (Å²) in [5.74, 6) is 2.51. The van der Waals surface area contributed by atoms with Crippen LogP contribution in [0.15, 0.2) is 18.2 Å². The molecular weight excluding hydrogens is 225 g/mol. The molecule has 1 atom stereocenters. The average Bonchev–Trinajstić information content (AvgIpc) is 2.34. The molecule has 2 heteroatoms. The van der Waals surface area contributed by atoms with Crippen LogP contribution < -0.4 is 5.32 Å². The average molecular weight is 247 g/mol. The van der Waals surface area contributed by atoms with Gasteiger partial charge < -0.3 is 5.32 Å². The van der Waals surface area contributed by atoms with Gasteiger partial charge in [-0.25, -0.2) is 4.39 Å². The van der Waals surface area contributed by atoms with Gasteiger partial charge in [-0.15, -0.1) is 12.3 Å². The lowest BCUT2D eigenvalue weighted by Gasteiger charge is -2.19. The first-order valence-corrected chi connectivity index (χ1v) is 6.62. The summed E-state index contributed by atoms with van der Waals surface area (Å²) < 4.78 is 14.0. The highest BCUT2D eigenvalue weighted by Crippen LogP contribution is 2.23. The standard InChI is InChI=1S/C16H22FN/c1-4-6-7-8-16(18-11-5-2)14-10-9-13(3)12-15(14)17/h1,9-10,12,16,18H,5-8,11H2,2-3H3. The highest BCUT2D eigenvalue weighted by Gasteiger charge is 2.14. The monoisotopic (exact) mass is 247 g/mol. The summed E-state index contributed by atoms with van der Waals surface area (Å²) in [4.78, 5) is 0. The quantitative estimate of drug-likeness (QED) is 0.567. The van der Waals surface area contributed by atoms with E-state index in [4.69, 9.17) is 6.42 Å². The van der Waals surface area contributed by atoms with Gasteiger partial charge in [-0.05, 0) is 44.4 Å². The van der Waals surface area contributed by atoms with E-state index in [1.54, 1.807) is 6.07 Å². The molecule has 0 aliphatic rings. The van der Waals surface area contributed by atoms with Crippen LogP contribution in [0.4, 0.5) is 4.39 Å². The van der Waals surface area contributed by atoms with E-state index in [1.807, 2.05) is 19.1 Å². The Kier molecular flexibility index (Phi) is 6.46. The molecule has 1 aromatic carbocycles. The summed E-state index contributed by atoms with van der Waals surface area (Å²) in [5, 5.41) is 3.40. The van der Waals surface area contributed by atoms with Crippen LogP contribution in [0.3, 0.4) is 0 Å². The van der Waals surface area contributed by atoms with Gasteiger partial charge in [-0.1, -0.05) is 19.1 Å². The van der Waals surface area contributed by atoms with E-state index in [-0.39, 0.29) is 11.9 Å². The Morgan fingerprint density at radius 2 is 2.22 bits per heavy atom. The fraction of sp³-hybridized carbons (Fsp3) is 0.500. The molecule has 1 rings (SSSR count). The van der Waals surface area contributed by atoms with Gasteiger partial charge in [0.05, 0.1) is 0 Å². The smallest absolute Gasteiger partial charge is 0.128 e. The third kappa shape index (κ3) is 4.50. The summed E-state index contributed by atoms with van der Waals surface area (Å²) >= 11 is 0. The van der Waals surface area contributed by atoms with Crippen LogP contribution in [-0.4, -0.2) is 6.54 Å². The lowest BCUT2D eigenvalue weighted by molar-refractivity contribution is 0.464. The van der Waals surface area contributed by atoms with Gasteiger partial charge in [0.25, 0.3) is 0 Å². The Bertz CT molecular complexity index is 406. The molecule has 0 radical (unpaired) electrons. The van der Waals surface area contributed by atoms with Crippen molar-refractivity contribution in [3.05, 3.63) is 35.1 Å². The number of aryl methyl sites for hydroxylation is 1. The maximum absolute atomic E-state index is 14.0. The van der Waals surface area contributed by atoms with Gasteiger partial charge in [-0.2, -0.15) is 0 Å². The molecule has 0 fully saturated rings. The fourth-order valence-electron chi connectivity index (χ4n) is 2.01. The Morgan fingerprint density at radius 3 is 2.83 bits per heavy atom. The number of hydrogen-bond acceptors (Lipinski definition) is 1. The van der Waals surface area contributed by atoms with Crippen LogP contribution in [0.1, 0.15) is 49.8 Å². The minimum absolute atomic E-state index is 0.0684. The van der Waals surface area contributed by atoms with E-state index in [0.29, 0.717) is 0 Å². The molecule has 98 valence electrons. The van der Waals surface area contributed by atoms with Gasteiger partial charge >= 0.3 is 0 Å². The van der Waals surface area contributed by atoms with Crippen molar-refractivity contribution in [2.24, 2.45) is 0 Å². The van der Waals surface area contributed by atoms with Crippen molar-refractivity contribution in [1.82, 2.24) is 5.32 Å². The topological polar surface area (TPSA) is 12.0 Å². The second kappa shape index (κ2) is 7.89. The molecule has 1 aromatic rings. The highest BCUT2D eigenvalue weighted by atomic mass is 19.1. The maximum Gasteiger partial charge on any atom is 0.128 e. The number of rotatable bonds is 7. The minimum atomic E-state index is -0.121. The number of nitrogens with one attached hydrogen (secondary N) is 1. The van der Waals surface area contributed by atoms with Crippen LogP contribution in [0.2, 0.25) is 0 Å². The zero-order valence-corrected chi connectivity index (χ0v) is 11.3. The van der Waals surface area contributed by atoms with Crippen molar-refractivity contribution >= 4 is 0 Å². The molecule has 0 aromatic heterocycles. The molecule has 0 saturated carbocycles. The molecule has 0 spiro atoms. The summed E-state index contributed by atoms with van der Waals surface area (Å²) in [5.41, 5.74) is 1.71. The molecule has 18 heavy (non-hydrogen) atoms. The van der Waals surface area contributed by atoms with Crippen molar-refractivity contribution in [1.29, 1.82) is 0 Å². The highest BCUT2D eigenvalue weighted by molar-refractivity contribution is 5.26. The summed E-state index contributed by atoms with van der Waals surface area (Å²) in [6.07, 6.45) is 8.85. The molecule has 1 N–H and O–H groups in total. The molecule has 0 aliphatic heterocycles. The van der Waals surface area contributed by atoms with Gasteiger partial charge in [-0.3, -0.25) is 0 Å². The summed E-state index contributed by atoms with van der Waals surface area (Å²) in [6, 6.07) is 5.50. The predicted octanol–water partition coefficient (Wildman–Crippen LogP) is 3.98. The van der Waals surface area contributed by atoms with Crippen molar-refractivity contribution < 1.29 is 4.39 Å². The van der Waals surface area contributed by atoms with E-state index < -0.39 is 0 Å². The van der Waals surface area contributed by atoms with E-state index in [9.17, 15) is 4.39 Å². The molecule has 0 aliphatic carbocycles. The predicted molar refractivity (Wildman–Crippen MR) is 74.9 cm³/mol. The first-order valence-electron chi connectivity index (χ1n) is 6.62. The number of halogens is 1. The Hall–Kier alpha value is -1.33. The number of hydrogen-bond donors (Lipinski definition) is 1. The number of terminal acetylenes is 1. The van der Waals surface area contributed by atoms with Gasteiger partial charge in [0.1, 0.15) is 5.82 Å². The van der Waals surface area contributed by atoms with E-state index in [2.05, 4.69) is 18.2 Å². The van der Waals surface area contributed by atoms with Crippen molar-refractivity contribution in [3.63, 3.8) is 0 Å². The summed E-state index contributed by atoms with van der Waals surface area (Å²) in [7, 11) is 0. The van der Waals surface area contributed by atoms with Crippen LogP contribution in [-0.2, 0) is 0 Å². The molecule has 0 heterocycles. The second-order valence-corrected chi connectivity index (χ2v) is 4.63. The minimum Gasteiger partial charge on any atom is -0.310 e. The third-order valence-electron chi connectivity index (χ3n) is 2.99. The Morgan fingerprint density at radius 1 is 1.44 bits per heavy atom. The van der Waals surface area contributed by atoms with E-state index in [1.165, 1.54) is 0 Å². The van der Waals surface area contributed by atoms with Gasteiger partial charge in [0.2, 0.25) is 0 Å². The first-order chi connectivity index (χ1) is 8.69. The van der Waals surface area contributed by atoms with Crippen molar-refractivity contribution in [2.75, 3.05) is 6.54 Å². The van der Waals surface area contributed by atoms with Crippen LogP contribution in [0.25, 0.3) is 0 Å². The molecule has 1 nitrogen and oxygen atoms in total. The largest absolute Gasteiger partial charge is 0.310 e. The molecule has 0 saturated heterocycles. The Labute approximate surface area is 110 Å². The van der Waals surface area contributed by atoms with Gasteiger partial charge in [0, 0.05) is 18.0 Å². The molecular formula is C16H22FN. The number of benzene rings is 1. The first kappa shape index (κ1) is 14.7. The lowest BCUT2D eigenvalue weighted by atomic mass is 9.99. The van der Waals surface area contributed by atoms with Gasteiger partial charge in [0.15, 0.2) is 0 Å². The van der Waals surface area contributed by atoms with E-state index in [0.717, 1.165) is 43.4 Å². The molecule has 0 bridgehead atoms. The SMILES string of the molecule is C#CCCCC(NCCC)c1ccc(C)cc1F. The molecule has 1 unspecified atom stereocenters. The Balaban J connectivity index is 2.76. The maximum atomic E-state index is 14.0. The van der Waals surface area contributed by atoms with Crippen molar-refractivity contribution in [3.8, 4) is 12.3 Å². The van der Waals surface area contributed by atoms with Crippen LogP contribution in [0, 0.1) is 25.1 Å². The summed E-state index contributed by atoms with van der Waals surface area (Å²) in [6.45, 7) is 4.91. The van der Waals surface area contributed by atoms with E-state index >= 15 is 0 Å². The van der Waals surface area contributed by atoms with Crippen molar-refractivity contribution in [2.45, 2.75) is 45.6 Å². The normalized spacial score (nSPS) is 12.1. The zero-order chi connectivity index (χ0) is 13.4. The second-order valence-electron chi connectivity index (χ2n) is 4.63. The van der Waals surface area contributed by atoms with Crippen LogP contribution >= 0.6 is 0 Å². The molecule has 0 amide bonds.